The van der Waals surface area contributed by atoms with E-state index in [1.807, 2.05) is 42.5 Å². The Labute approximate surface area is 223 Å². The Morgan fingerprint density at radius 2 is 1.76 bits per heavy atom. The molecular weight excluding hydrogens is 481 g/mol. The maximum absolute atomic E-state index is 13.5. The first-order valence-corrected chi connectivity index (χ1v) is 13.9. The fraction of sp³-hybridized carbons (Fsp3) is 0.452. The number of likely N-dealkylation sites (tertiary alicyclic amines) is 1. The quantitative estimate of drug-likeness (QED) is 0.410. The fourth-order valence-corrected chi connectivity index (χ4v) is 5.58. The van der Waals surface area contributed by atoms with Crippen molar-refractivity contribution >= 4 is 22.4 Å². The molecule has 200 valence electrons. The number of nitrogens with zero attached hydrogens (tertiary/aromatic N) is 2. The van der Waals surface area contributed by atoms with Gasteiger partial charge in [0.25, 0.3) is 0 Å². The van der Waals surface area contributed by atoms with Crippen molar-refractivity contribution in [3.05, 3.63) is 72.0 Å². The van der Waals surface area contributed by atoms with E-state index in [1.165, 1.54) is 6.07 Å². The van der Waals surface area contributed by atoms with E-state index in [1.54, 1.807) is 6.07 Å². The molecule has 3 fully saturated rings. The maximum atomic E-state index is 13.5. The molecule has 0 bridgehead atoms. The van der Waals surface area contributed by atoms with Crippen molar-refractivity contribution in [2.24, 2.45) is 5.92 Å². The summed E-state index contributed by atoms with van der Waals surface area (Å²) in [5, 5.41) is 16.3. The van der Waals surface area contributed by atoms with Crippen molar-refractivity contribution < 1.29 is 19.0 Å². The lowest BCUT2D eigenvalue weighted by molar-refractivity contribution is -0.123. The predicted molar refractivity (Wildman–Crippen MR) is 147 cm³/mol. The third kappa shape index (κ3) is 5.94. The van der Waals surface area contributed by atoms with Gasteiger partial charge in [-0.05, 0) is 97.4 Å². The zero-order valence-electron chi connectivity index (χ0n) is 21.7. The molecule has 0 radical (unpaired) electrons. The zero-order valence-corrected chi connectivity index (χ0v) is 21.7. The van der Waals surface area contributed by atoms with Crippen LogP contribution in [-0.4, -0.2) is 60.8 Å². The van der Waals surface area contributed by atoms with Gasteiger partial charge in [0, 0.05) is 31.7 Å². The Morgan fingerprint density at radius 1 is 1.00 bits per heavy atom. The molecule has 3 aliphatic rings. The highest BCUT2D eigenvalue weighted by Gasteiger charge is 2.30. The van der Waals surface area contributed by atoms with Crippen molar-refractivity contribution in [2.75, 3.05) is 37.6 Å². The minimum Gasteiger partial charge on any atom is -0.490 e. The molecule has 2 N–H and O–H groups in total. The topological polar surface area (TPSA) is 65.0 Å². The number of carbonyl (C=O) groups is 1. The van der Waals surface area contributed by atoms with Crippen molar-refractivity contribution in [1.82, 2.24) is 10.2 Å². The second-order valence-electron chi connectivity index (χ2n) is 11.1. The standard InChI is InChI=1S/C31H36FN3O3/c32-25-6-2-24-18-26(7-3-23(24)17-25)35-15-12-21(19-35)16-30(36)33-29(20-34-13-1-14-34)31(37)22-4-8-27(9-5-22)38-28-10-11-28/h2-9,17-18,21,28-29,31,37H,1,10-16,19-20H2,(H,33,36)/t21-,29-,31-/m1/s1. The molecule has 1 amide bonds. The molecular formula is C31H36FN3O3. The van der Waals surface area contributed by atoms with E-state index in [2.05, 4.69) is 21.2 Å². The number of aliphatic hydroxyl groups excluding tert-OH is 1. The van der Waals surface area contributed by atoms with Crippen LogP contribution in [0.5, 0.6) is 5.75 Å². The number of aliphatic hydroxyl groups is 1. The highest BCUT2D eigenvalue weighted by molar-refractivity contribution is 5.86. The zero-order chi connectivity index (χ0) is 26.1. The van der Waals surface area contributed by atoms with Crippen molar-refractivity contribution in [2.45, 2.75) is 50.4 Å². The third-order valence-corrected chi connectivity index (χ3v) is 8.09. The van der Waals surface area contributed by atoms with E-state index < -0.39 is 6.10 Å². The molecule has 0 unspecified atom stereocenters. The first-order valence-electron chi connectivity index (χ1n) is 13.9. The Morgan fingerprint density at radius 3 is 2.50 bits per heavy atom. The molecule has 2 heterocycles. The average molecular weight is 518 g/mol. The number of halogens is 1. The number of ether oxygens (including phenoxy) is 1. The Bertz CT molecular complexity index is 1280. The minimum atomic E-state index is -0.781. The summed E-state index contributed by atoms with van der Waals surface area (Å²) < 4.78 is 19.4. The second-order valence-corrected chi connectivity index (χ2v) is 11.1. The van der Waals surface area contributed by atoms with Crippen LogP contribution in [0.2, 0.25) is 0 Å². The predicted octanol–water partition coefficient (Wildman–Crippen LogP) is 4.66. The van der Waals surface area contributed by atoms with Crippen LogP contribution in [0, 0.1) is 11.7 Å². The van der Waals surface area contributed by atoms with Gasteiger partial charge in [-0.25, -0.2) is 4.39 Å². The highest BCUT2D eigenvalue weighted by Crippen LogP contribution is 2.30. The monoisotopic (exact) mass is 517 g/mol. The smallest absolute Gasteiger partial charge is 0.220 e. The lowest BCUT2D eigenvalue weighted by Crippen LogP contribution is -2.51. The number of anilines is 1. The summed E-state index contributed by atoms with van der Waals surface area (Å²) in [5.74, 6) is 0.842. The third-order valence-electron chi connectivity index (χ3n) is 8.09. The summed E-state index contributed by atoms with van der Waals surface area (Å²) in [6.07, 6.45) is 4.31. The molecule has 38 heavy (non-hydrogen) atoms. The number of hydrogen-bond acceptors (Lipinski definition) is 5. The molecule has 2 saturated heterocycles. The molecule has 7 heteroatoms. The molecule has 3 atom stereocenters. The van der Waals surface area contributed by atoms with E-state index in [0.29, 0.717) is 19.1 Å². The number of nitrogens with one attached hydrogen (secondary N) is 1. The fourth-order valence-electron chi connectivity index (χ4n) is 5.58. The maximum Gasteiger partial charge on any atom is 0.220 e. The largest absolute Gasteiger partial charge is 0.490 e. The van der Waals surface area contributed by atoms with Gasteiger partial charge < -0.3 is 25.0 Å². The van der Waals surface area contributed by atoms with Gasteiger partial charge in [-0.3, -0.25) is 4.79 Å². The van der Waals surface area contributed by atoms with Gasteiger partial charge in [0.2, 0.25) is 5.91 Å². The van der Waals surface area contributed by atoms with Crippen LogP contribution in [0.4, 0.5) is 10.1 Å². The Kier molecular flexibility index (Phi) is 7.22. The van der Waals surface area contributed by atoms with Gasteiger partial charge >= 0.3 is 0 Å². The lowest BCUT2D eigenvalue weighted by atomic mass is 9.99. The number of fused-ring (bicyclic) bond motifs is 1. The van der Waals surface area contributed by atoms with Crippen molar-refractivity contribution in [3.8, 4) is 5.75 Å². The normalized spacial score (nSPS) is 21.2. The van der Waals surface area contributed by atoms with Gasteiger partial charge in [-0.1, -0.05) is 24.3 Å². The number of carbonyl (C=O) groups excluding carboxylic acids is 1. The lowest BCUT2D eigenvalue weighted by Gasteiger charge is -2.36. The molecule has 0 spiro atoms. The summed E-state index contributed by atoms with van der Waals surface area (Å²) in [6, 6.07) is 18.2. The molecule has 6 nitrogen and oxygen atoms in total. The summed E-state index contributed by atoms with van der Waals surface area (Å²) in [4.78, 5) is 17.7. The van der Waals surface area contributed by atoms with Crippen LogP contribution < -0.4 is 15.0 Å². The number of benzene rings is 3. The van der Waals surface area contributed by atoms with Gasteiger partial charge in [0.1, 0.15) is 17.7 Å². The molecule has 1 aliphatic carbocycles. The molecule has 1 saturated carbocycles. The van der Waals surface area contributed by atoms with Crippen LogP contribution in [0.15, 0.2) is 60.7 Å². The number of hydrogen-bond donors (Lipinski definition) is 2. The van der Waals surface area contributed by atoms with Crippen LogP contribution in [0.25, 0.3) is 10.8 Å². The summed E-state index contributed by atoms with van der Waals surface area (Å²) in [6.45, 7) is 4.34. The van der Waals surface area contributed by atoms with Crippen LogP contribution in [0.3, 0.4) is 0 Å². The molecule has 3 aromatic carbocycles. The van der Waals surface area contributed by atoms with Gasteiger partial charge in [0.15, 0.2) is 0 Å². The molecule has 3 aromatic rings. The Hall–Kier alpha value is -3.16. The molecule has 0 aromatic heterocycles. The second kappa shape index (κ2) is 10.9. The van der Waals surface area contributed by atoms with E-state index in [0.717, 1.165) is 79.6 Å². The van der Waals surface area contributed by atoms with E-state index in [9.17, 15) is 14.3 Å². The van der Waals surface area contributed by atoms with E-state index in [-0.39, 0.29) is 23.7 Å². The van der Waals surface area contributed by atoms with Crippen LogP contribution in [0.1, 0.15) is 43.8 Å². The van der Waals surface area contributed by atoms with Crippen LogP contribution in [-0.2, 0) is 4.79 Å². The first kappa shape index (κ1) is 25.1. The number of amides is 1. The highest BCUT2D eigenvalue weighted by atomic mass is 19.1. The summed E-state index contributed by atoms with van der Waals surface area (Å²) in [7, 11) is 0. The van der Waals surface area contributed by atoms with Crippen molar-refractivity contribution in [1.29, 1.82) is 0 Å². The summed E-state index contributed by atoms with van der Waals surface area (Å²) in [5.41, 5.74) is 1.90. The van der Waals surface area contributed by atoms with Crippen LogP contribution >= 0.6 is 0 Å². The SMILES string of the molecule is O=C(C[C@H]1CCN(c2ccc3cc(F)ccc3c2)C1)N[C@H](CN1CCC1)[C@H](O)c1ccc(OC2CC2)cc1. The van der Waals surface area contributed by atoms with Gasteiger partial charge in [-0.15, -0.1) is 0 Å². The molecule has 2 aliphatic heterocycles. The van der Waals surface area contributed by atoms with Crippen molar-refractivity contribution in [3.63, 3.8) is 0 Å². The molecule has 6 rings (SSSR count). The van der Waals surface area contributed by atoms with E-state index in [4.69, 9.17) is 4.74 Å². The Balaban J connectivity index is 1.06. The minimum absolute atomic E-state index is 0.0101. The average Bonchev–Trinajstić information content (AvgIpc) is 3.59. The number of rotatable bonds is 10. The first-order chi connectivity index (χ1) is 18.5. The van der Waals surface area contributed by atoms with Gasteiger partial charge in [-0.2, -0.15) is 0 Å². The summed E-state index contributed by atoms with van der Waals surface area (Å²) >= 11 is 0. The van der Waals surface area contributed by atoms with E-state index >= 15 is 0 Å². The van der Waals surface area contributed by atoms with Gasteiger partial charge in [0.05, 0.1) is 12.1 Å².